The zero-order chi connectivity index (χ0) is 24.6. The van der Waals surface area contributed by atoms with Crippen molar-refractivity contribution in [2.24, 2.45) is 0 Å². The summed E-state index contributed by atoms with van der Waals surface area (Å²) in [5.41, 5.74) is 2.57. The Morgan fingerprint density at radius 1 is 1.23 bits per heavy atom. The molecule has 1 fully saturated rings. The van der Waals surface area contributed by atoms with Crippen LogP contribution in [0.4, 0.5) is 16.6 Å². The fourth-order valence-electron chi connectivity index (χ4n) is 4.27. The number of carbonyl (C=O) groups excluding carboxylic acids is 1. The van der Waals surface area contributed by atoms with E-state index in [1.165, 1.54) is 25.5 Å². The highest BCUT2D eigenvalue weighted by Gasteiger charge is 2.31. The van der Waals surface area contributed by atoms with Gasteiger partial charge in [0, 0.05) is 44.7 Å². The number of ether oxygens (including phenoxy) is 1. The maximum atomic E-state index is 12.7. The number of amides is 1. The van der Waals surface area contributed by atoms with E-state index < -0.39 is 22.4 Å². The van der Waals surface area contributed by atoms with E-state index in [1.807, 2.05) is 26.2 Å². The second-order valence-corrected chi connectivity index (χ2v) is 11.3. The lowest BCUT2D eigenvalue weighted by atomic mass is 10.1. The Hall–Kier alpha value is -3.08. The van der Waals surface area contributed by atoms with Crippen molar-refractivity contribution in [1.29, 1.82) is 0 Å². The molecule has 0 saturated heterocycles. The molecule has 5 rings (SSSR count). The zero-order valence-corrected chi connectivity index (χ0v) is 21.2. The summed E-state index contributed by atoms with van der Waals surface area (Å²) in [6.45, 7) is 5.33. The number of rotatable bonds is 7. The van der Waals surface area contributed by atoms with Gasteiger partial charge in [0.25, 0.3) is 0 Å². The Balaban J connectivity index is 1.34. The molecule has 186 valence electrons. The monoisotopic (exact) mass is 497 g/mol. The molecule has 4 heterocycles. The number of hydrogen-bond acceptors (Lipinski definition) is 9. The summed E-state index contributed by atoms with van der Waals surface area (Å²) < 4.78 is 17.9. The smallest absolute Gasteiger partial charge is 0.406 e. The van der Waals surface area contributed by atoms with E-state index in [4.69, 9.17) is 14.7 Å². The van der Waals surface area contributed by atoms with Crippen molar-refractivity contribution in [2.75, 3.05) is 42.7 Å². The van der Waals surface area contributed by atoms with Gasteiger partial charge in [-0.05, 0) is 50.2 Å². The van der Waals surface area contributed by atoms with E-state index in [1.54, 1.807) is 0 Å². The van der Waals surface area contributed by atoms with Crippen LogP contribution in [-0.4, -0.2) is 68.3 Å². The van der Waals surface area contributed by atoms with E-state index in [0.29, 0.717) is 41.3 Å². The van der Waals surface area contributed by atoms with Crippen LogP contribution < -0.4 is 15.5 Å². The molecule has 0 spiro atoms. The van der Waals surface area contributed by atoms with E-state index in [0.717, 1.165) is 30.1 Å². The van der Waals surface area contributed by atoms with Crippen LogP contribution in [0.1, 0.15) is 56.1 Å². The Morgan fingerprint density at radius 3 is 2.66 bits per heavy atom. The first kappa shape index (κ1) is 23.7. The molecular formula is C24H31N7O3S. The van der Waals surface area contributed by atoms with Gasteiger partial charge in [-0.1, -0.05) is 6.08 Å². The van der Waals surface area contributed by atoms with Gasteiger partial charge < -0.3 is 20.3 Å². The first-order valence-corrected chi connectivity index (χ1v) is 13.3. The lowest BCUT2D eigenvalue weighted by Gasteiger charge is -2.29. The predicted octanol–water partition coefficient (Wildman–Crippen LogP) is 2.65. The number of aryl methyl sites for hydroxylation is 1. The average Bonchev–Trinajstić information content (AvgIpc) is 3.65. The Bertz CT molecular complexity index is 1180. The van der Waals surface area contributed by atoms with Gasteiger partial charge in [0.1, 0.15) is 17.3 Å². The molecule has 0 bridgehead atoms. The number of nitrogens with zero attached hydrogens (tertiary/aromatic N) is 5. The molecule has 0 radical (unpaired) electrons. The quantitative estimate of drug-likeness (QED) is 0.594. The fraction of sp³-hybridized carbons (Fsp3) is 0.542. The van der Waals surface area contributed by atoms with Crippen molar-refractivity contribution in [3.63, 3.8) is 0 Å². The number of anilines is 2. The first-order chi connectivity index (χ1) is 16.8. The Morgan fingerprint density at radius 2 is 2.00 bits per heavy atom. The van der Waals surface area contributed by atoms with Crippen LogP contribution in [0.15, 0.2) is 23.4 Å². The molecule has 0 aromatic carbocycles. The first-order valence-electron chi connectivity index (χ1n) is 12.0. The normalized spacial score (nSPS) is 19.7. The van der Waals surface area contributed by atoms with Crippen molar-refractivity contribution in [3.8, 4) is 0 Å². The van der Waals surface area contributed by atoms with Crippen LogP contribution in [0.3, 0.4) is 0 Å². The maximum absolute atomic E-state index is 12.7. The average molecular weight is 498 g/mol. The molecule has 2 N–H and O–H groups in total. The molecule has 0 unspecified atom stereocenters. The molecule has 35 heavy (non-hydrogen) atoms. The molecule has 1 aliphatic carbocycles. The molecule has 1 atom stereocenters. The van der Waals surface area contributed by atoms with E-state index in [-0.39, 0.29) is 6.61 Å². The van der Waals surface area contributed by atoms with Crippen LogP contribution in [0.25, 0.3) is 5.57 Å². The number of fused-ring (bicyclic) bond motifs is 1. The molecule has 1 amide bonds. The molecule has 11 heteroatoms. The SMILES string of the molecule is CNC(=O)OCC(C)(C)Nc1nc(N2CC=C(c3ncc(C4CC4)cn3)CC2)nc2c1[S@@](=O)CC2. The third-order valence-electron chi connectivity index (χ3n) is 6.40. The van der Waals surface area contributed by atoms with E-state index >= 15 is 0 Å². The van der Waals surface area contributed by atoms with Gasteiger partial charge in [-0.2, -0.15) is 4.98 Å². The summed E-state index contributed by atoms with van der Waals surface area (Å²) in [6, 6.07) is 0. The van der Waals surface area contributed by atoms with Gasteiger partial charge in [0.2, 0.25) is 5.95 Å². The lowest BCUT2D eigenvalue weighted by Crippen LogP contribution is -2.39. The van der Waals surface area contributed by atoms with Gasteiger partial charge in [-0.15, -0.1) is 0 Å². The molecule has 3 aliphatic rings. The van der Waals surface area contributed by atoms with Crippen LogP contribution in [0.2, 0.25) is 0 Å². The van der Waals surface area contributed by atoms with Crippen LogP contribution in [0.5, 0.6) is 0 Å². The highest BCUT2D eigenvalue weighted by Crippen LogP contribution is 2.39. The minimum Gasteiger partial charge on any atom is -0.447 e. The van der Waals surface area contributed by atoms with Gasteiger partial charge in [0.15, 0.2) is 5.82 Å². The lowest BCUT2D eigenvalue weighted by molar-refractivity contribution is 0.131. The number of alkyl carbamates (subject to hydrolysis) is 1. The topological polar surface area (TPSA) is 122 Å². The molecular weight excluding hydrogens is 466 g/mol. The fourth-order valence-corrected chi connectivity index (χ4v) is 5.58. The van der Waals surface area contributed by atoms with Crippen molar-refractivity contribution >= 4 is 34.2 Å². The zero-order valence-electron chi connectivity index (χ0n) is 20.3. The van der Waals surface area contributed by atoms with Gasteiger partial charge in [-0.3, -0.25) is 4.21 Å². The Kier molecular flexibility index (Phi) is 6.43. The summed E-state index contributed by atoms with van der Waals surface area (Å²) in [7, 11) is 0.359. The highest BCUT2D eigenvalue weighted by molar-refractivity contribution is 7.85. The summed E-state index contributed by atoms with van der Waals surface area (Å²) in [6.07, 6.45) is 9.49. The van der Waals surface area contributed by atoms with Crippen molar-refractivity contribution in [1.82, 2.24) is 25.3 Å². The second-order valence-electron chi connectivity index (χ2n) is 9.82. The summed E-state index contributed by atoms with van der Waals surface area (Å²) in [5.74, 6) is 3.12. The second kappa shape index (κ2) is 9.52. The largest absolute Gasteiger partial charge is 0.447 e. The van der Waals surface area contributed by atoms with Crippen molar-refractivity contribution in [3.05, 3.63) is 35.6 Å². The van der Waals surface area contributed by atoms with Gasteiger partial charge in [0.05, 0.1) is 22.0 Å². The van der Waals surface area contributed by atoms with E-state index in [9.17, 15) is 9.00 Å². The standard InChI is InChI=1S/C24H31N7O3S/c1-24(2,14-34-23(32)25-3)30-21-19-18(8-11-35(19)33)28-22(29-21)31-9-6-16(7-10-31)20-26-12-17(13-27-20)15-4-5-15/h6,12-13,15H,4-5,7-11,14H2,1-3H3,(H,25,32)(H,28,29,30)/t35-/m0/s1. The minimum absolute atomic E-state index is 0.128. The molecule has 2 aromatic heterocycles. The third-order valence-corrected chi connectivity index (χ3v) is 7.86. The number of hydrogen-bond donors (Lipinski definition) is 2. The Labute approximate surface area is 207 Å². The van der Waals surface area contributed by atoms with Crippen molar-refractivity contribution in [2.45, 2.75) is 55.9 Å². The third kappa shape index (κ3) is 5.29. The van der Waals surface area contributed by atoms with Gasteiger partial charge in [-0.25, -0.2) is 19.7 Å². The molecule has 10 nitrogen and oxygen atoms in total. The highest BCUT2D eigenvalue weighted by atomic mass is 32.2. The van der Waals surface area contributed by atoms with Crippen molar-refractivity contribution < 1.29 is 13.7 Å². The molecule has 2 aliphatic heterocycles. The molecule has 2 aromatic rings. The number of carbonyl (C=O) groups is 1. The van der Waals surface area contributed by atoms with Crippen LogP contribution in [-0.2, 0) is 22.0 Å². The van der Waals surface area contributed by atoms with Crippen LogP contribution in [0, 0.1) is 0 Å². The molecule has 1 saturated carbocycles. The number of nitrogens with one attached hydrogen (secondary N) is 2. The van der Waals surface area contributed by atoms with Crippen LogP contribution >= 0.6 is 0 Å². The van der Waals surface area contributed by atoms with Gasteiger partial charge >= 0.3 is 6.09 Å². The maximum Gasteiger partial charge on any atom is 0.406 e. The minimum atomic E-state index is -1.16. The predicted molar refractivity (Wildman–Crippen MR) is 134 cm³/mol. The summed E-state index contributed by atoms with van der Waals surface area (Å²) in [4.78, 5) is 33.0. The van der Waals surface area contributed by atoms with E-state index in [2.05, 4.69) is 31.6 Å². The number of aromatic nitrogens is 4. The summed E-state index contributed by atoms with van der Waals surface area (Å²) >= 11 is 0. The summed E-state index contributed by atoms with van der Waals surface area (Å²) in [5, 5.41) is 5.79.